The summed E-state index contributed by atoms with van der Waals surface area (Å²) in [6.07, 6.45) is 4.19. The molecular weight excluding hydrogens is 570 g/mol. The molecule has 44 heavy (non-hydrogen) atoms. The topological polar surface area (TPSA) is 181 Å². The average molecular weight is 602 g/mol. The first-order valence-corrected chi connectivity index (χ1v) is 13.6. The summed E-state index contributed by atoms with van der Waals surface area (Å²) in [5.74, 6) is -2.18. The second kappa shape index (κ2) is 16.0. The summed E-state index contributed by atoms with van der Waals surface area (Å²) in [5, 5.41) is 19.4. The molecule has 3 aromatic rings. The number of rotatable bonds is 9. The molecule has 0 radical (unpaired) electrons. The van der Waals surface area contributed by atoms with Crippen LogP contribution in [-0.4, -0.2) is 69.5 Å². The fraction of sp³-hybridized carbons (Fsp3) is 0.258. The van der Waals surface area contributed by atoms with Crippen molar-refractivity contribution in [2.45, 2.75) is 33.4 Å². The summed E-state index contributed by atoms with van der Waals surface area (Å²) in [6.45, 7) is 4.36. The van der Waals surface area contributed by atoms with E-state index in [4.69, 9.17) is 19.4 Å². The highest BCUT2D eigenvalue weighted by molar-refractivity contribution is 6.08. The minimum Gasteiger partial charge on any atom is -0.483 e. The molecule has 0 unspecified atom stereocenters. The summed E-state index contributed by atoms with van der Waals surface area (Å²) in [4.78, 5) is 64.6. The Bertz CT molecular complexity index is 1590. The third kappa shape index (κ3) is 8.39. The van der Waals surface area contributed by atoms with Crippen molar-refractivity contribution in [2.75, 3.05) is 25.1 Å². The van der Waals surface area contributed by atoms with Crippen LogP contribution >= 0.6 is 0 Å². The van der Waals surface area contributed by atoms with Crippen molar-refractivity contribution >= 4 is 35.9 Å². The maximum atomic E-state index is 13.3. The van der Waals surface area contributed by atoms with Crippen molar-refractivity contribution in [1.82, 2.24) is 14.5 Å². The number of nitrogens with zero attached hydrogens (tertiary/aromatic N) is 4. The first-order chi connectivity index (χ1) is 21.3. The van der Waals surface area contributed by atoms with Crippen LogP contribution in [0.1, 0.15) is 57.2 Å². The van der Waals surface area contributed by atoms with E-state index in [1.807, 2.05) is 36.4 Å². The molecule has 2 amide bonds. The SMILES string of the molecule is CCOC(=O)/C=C/C(=O)N1CCc2nc(C(=O)Nc3c(C#N)cn(Cc4ccccc4)c3C(=O)OCC)ccc2C1.O=CO. The Hall–Kier alpha value is -5.77. The molecule has 2 aromatic heterocycles. The molecule has 1 aliphatic heterocycles. The maximum Gasteiger partial charge on any atom is 0.357 e. The molecule has 13 nitrogen and oxygen atoms in total. The molecule has 4 rings (SSSR count). The van der Waals surface area contributed by atoms with Crippen LogP contribution in [0.2, 0.25) is 0 Å². The summed E-state index contributed by atoms with van der Waals surface area (Å²) in [6, 6.07) is 14.7. The smallest absolute Gasteiger partial charge is 0.357 e. The monoisotopic (exact) mass is 601 g/mol. The lowest BCUT2D eigenvalue weighted by Gasteiger charge is -2.27. The number of nitrogens with one attached hydrogen (secondary N) is 1. The van der Waals surface area contributed by atoms with Crippen molar-refractivity contribution in [3.05, 3.63) is 94.6 Å². The van der Waals surface area contributed by atoms with E-state index in [9.17, 15) is 24.4 Å². The van der Waals surface area contributed by atoms with Gasteiger partial charge in [-0.15, -0.1) is 0 Å². The zero-order valence-electron chi connectivity index (χ0n) is 24.2. The fourth-order valence-electron chi connectivity index (χ4n) is 4.43. The molecule has 0 aliphatic carbocycles. The number of fused-ring (bicyclic) bond motifs is 1. The predicted molar refractivity (Wildman–Crippen MR) is 156 cm³/mol. The van der Waals surface area contributed by atoms with E-state index < -0.39 is 17.8 Å². The molecule has 13 heteroatoms. The number of anilines is 1. The van der Waals surface area contributed by atoms with Crippen LogP contribution in [0.3, 0.4) is 0 Å². The summed E-state index contributed by atoms with van der Waals surface area (Å²) < 4.78 is 11.6. The van der Waals surface area contributed by atoms with Gasteiger partial charge in [0, 0.05) is 50.1 Å². The lowest BCUT2D eigenvalue weighted by Crippen LogP contribution is -2.35. The minimum atomic E-state index is -0.666. The molecule has 0 spiro atoms. The zero-order chi connectivity index (χ0) is 32.1. The number of carbonyl (C=O) groups excluding carboxylic acids is 4. The first-order valence-electron chi connectivity index (χ1n) is 13.6. The van der Waals surface area contributed by atoms with Gasteiger partial charge in [0.1, 0.15) is 11.8 Å². The van der Waals surface area contributed by atoms with E-state index in [1.165, 1.54) is 18.3 Å². The van der Waals surface area contributed by atoms with Gasteiger partial charge in [-0.05, 0) is 31.0 Å². The fourth-order valence-corrected chi connectivity index (χ4v) is 4.43. The third-order valence-corrected chi connectivity index (χ3v) is 6.34. The molecule has 0 saturated heterocycles. The van der Waals surface area contributed by atoms with Crippen LogP contribution in [-0.2, 0) is 43.4 Å². The Labute approximate surface area is 253 Å². The number of ether oxygens (including phenoxy) is 2. The van der Waals surface area contributed by atoms with Gasteiger partial charge in [0.2, 0.25) is 5.91 Å². The number of hydrogen-bond acceptors (Lipinski definition) is 9. The highest BCUT2D eigenvalue weighted by Gasteiger charge is 2.27. The molecule has 0 saturated carbocycles. The Morgan fingerprint density at radius 1 is 1.07 bits per heavy atom. The number of esters is 2. The zero-order valence-corrected chi connectivity index (χ0v) is 24.2. The van der Waals surface area contributed by atoms with Gasteiger partial charge in [-0.3, -0.25) is 14.4 Å². The third-order valence-electron chi connectivity index (χ3n) is 6.34. The average Bonchev–Trinajstić information content (AvgIpc) is 3.36. The Morgan fingerprint density at radius 3 is 2.43 bits per heavy atom. The van der Waals surface area contributed by atoms with Crippen molar-refractivity contribution in [3.63, 3.8) is 0 Å². The molecule has 0 bridgehead atoms. The number of carboxylic acid groups (broad SMARTS) is 1. The van der Waals surface area contributed by atoms with E-state index in [0.717, 1.165) is 17.2 Å². The lowest BCUT2D eigenvalue weighted by atomic mass is 10.0. The second-order valence-electron chi connectivity index (χ2n) is 9.17. The van der Waals surface area contributed by atoms with Gasteiger partial charge >= 0.3 is 11.9 Å². The van der Waals surface area contributed by atoms with E-state index in [2.05, 4.69) is 10.3 Å². The normalized spacial score (nSPS) is 11.8. The number of carbonyl (C=O) groups is 5. The highest BCUT2D eigenvalue weighted by Crippen LogP contribution is 2.27. The molecule has 0 atom stereocenters. The molecule has 228 valence electrons. The van der Waals surface area contributed by atoms with Gasteiger partial charge in [0.15, 0.2) is 5.69 Å². The van der Waals surface area contributed by atoms with Crippen molar-refractivity contribution in [1.29, 1.82) is 5.26 Å². The summed E-state index contributed by atoms with van der Waals surface area (Å²) >= 11 is 0. The van der Waals surface area contributed by atoms with Crippen molar-refractivity contribution in [3.8, 4) is 6.07 Å². The van der Waals surface area contributed by atoms with Gasteiger partial charge in [-0.2, -0.15) is 5.26 Å². The summed E-state index contributed by atoms with van der Waals surface area (Å²) in [7, 11) is 0. The van der Waals surface area contributed by atoms with Gasteiger partial charge in [-0.25, -0.2) is 14.6 Å². The van der Waals surface area contributed by atoms with Crippen molar-refractivity contribution in [2.24, 2.45) is 0 Å². The number of pyridine rings is 1. The van der Waals surface area contributed by atoms with Crippen LogP contribution in [0.25, 0.3) is 0 Å². The van der Waals surface area contributed by atoms with Crippen molar-refractivity contribution < 1.29 is 38.6 Å². The number of nitriles is 1. The number of aromatic nitrogens is 2. The Morgan fingerprint density at radius 2 is 1.77 bits per heavy atom. The van der Waals surface area contributed by atoms with Crippen LogP contribution in [0, 0.1) is 11.3 Å². The molecule has 2 N–H and O–H groups in total. The molecule has 3 heterocycles. The highest BCUT2D eigenvalue weighted by atomic mass is 16.5. The first kappa shape index (κ1) is 32.7. The number of hydrogen-bond donors (Lipinski definition) is 2. The lowest BCUT2D eigenvalue weighted by molar-refractivity contribution is -0.137. The van der Waals surface area contributed by atoms with Gasteiger partial charge < -0.3 is 29.4 Å². The molecular formula is C31H31N5O8. The molecule has 0 fully saturated rings. The van der Waals surface area contributed by atoms with Gasteiger partial charge in [-0.1, -0.05) is 36.4 Å². The van der Waals surface area contributed by atoms with E-state index in [0.29, 0.717) is 25.2 Å². The standard InChI is InChI=1S/C30H29N5O6.CH2O2/c1-3-40-26(37)13-12-25(36)34-15-14-23-21(18-34)10-11-24(32-23)29(38)33-27-22(16-31)19-35(28(27)30(39)41-4-2)17-20-8-6-5-7-9-20;2-1-3/h5-13,19H,3-4,14-15,17-18H2,1-2H3,(H,33,38);1H,(H,2,3)/b13-12+;. The van der Waals surface area contributed by atoms with Gasteiger partial charge in [0.05, 0.1) is 24.5 Å². The van der Waals surface area contributed by atoms with E-state index >= 15 is 0 Å². The predicted octanol–water partition coefficient (Wildman–Crippen LogP) is 2.94. The van der Waals surface area contributed by atoms with Crippen LogP contribution in [0.15, 0.2) is 60.8 Å². The van der Waals surface area contributed by atoms with Crippen LogP contribution in [0.4, 0.5) is 5.69 Å². The van der Waals surface area contributed by atoms with Crippen LogP contribution in [0.5, 0.6) is 0 Å². The van der Waals surface area contributed by atoms with Gasteiger partial charge in [0.25, 0.3) is 12.4 Å². The van der Waals surface area contributed by atoms with E-state index in [1.54, 1.807) is 29.4 Å². The molecule has 1 aromatic carbocycles. The minimum absolute atomic E-state index is 0.0524. The second-order valence-corrected chi connectivity index (χ2v) is 9.17. The number of benzene rings is 1. The number of amides is 2. The van der Waals surface area contributed by atoms with E-state index in [-0.39, 0.29) is 54.8 Å². The molecule has 1 aliphatic rings. The van der Waals surface area contributed by atoms with Crippen LogP contribution < -0.4 is 5.32 Å². The Balaban J connectivity index is 0.00000169. The largest absolute Gasteiger partial charge is 0.483 e. The quantitative estimate of drug-likeness (QED) is 0.210. The Kier molecular flexibility index (Phi) is 11.9. The maximum absolute atomic E-state index is 13.3. The summed E-state index contributed by atoms with van der Waals surface area (Å²) in [5.41, 5.74) is 2.64.